The smallest absolute Gasteiger partial charge is 0.119 e. The first-order valence-electron chi connectivity index (χ1n) is 9.07. The highest BCUT2D eigenvalue weighted by Gasteiger charge is 2.35. The van der Waals surface area contributed by atoms with Crippen molar-refractivity contribution in [2.24, 2.45) is 5.92 Å². The molecule has 3 heteroatoms. The van der Waals surface area contributed by atoms with Gasteiger partial charge in [-0.2, -0.15) is 0 Å². The monoisotopic (exact) mass is 341 g/mol. The van der Waals surface area contributed by atoms with Gasteiger partial charge in [0.1, 0.15) is 5.75 Å². The Bertz CT molecular complexity index is 748. The molecule has 0 saturated heterocycles. The molecular formula is C21H27NOS. The van der Waals surface area contributed by atoms with Gasteiger partial charge in [-0.3, -0.25) is 4.90 Å². The molecule has 2 nitrogen and oxygen atoms in total. The van der Waals surface area contributed by atoms with E-state index in [9.17, 15) is 0 Å². The number of ether oxygens (including phenoxy) is 1. The molecule has 1 aromatic heterocycles. The molecule has 4 rings (SSSR count). The zero-order valence-corrected chi connectivity index (χ0v) is 16.0. The first-order chi connectivity index (χ1) is 11.5. The fourth-order valence-electron chi connectivity index (χ4n) is 4.33. The highest BCUT2D eigenvalue weighted by molar-refractivity contribution is 7.12. The Balaban J connectivity index is 1.67. The van der Waals surface area contributed by atoms with Crippen molar-refractivity contribution in [3.8, 4) is 5.75 Å². The van der Waals surface area contributed by atoms with Crippen LogP contribution in [0, 0.1) is 5.92 Å². The Kier molecular flexibility index (Phi) is 4.17. The van der Waals surface area contributed by atoms with E-state index in [2.05, 4.69) is 61.3 Å². The number of thiophene rings is 1. The summed E-state index contributed by atoms with van der Waals surface area (Å²) in [6.45, 7) is 9.24. The second kappa shape index (κ2) is 6.20. The Hall–Kier alpha value is -1.32. The lowest BCUT2D eigenvalue weighted by molar-refractivity contribution is 0.149. The van der Waals surface area contributed by atoms with Crippen molar-refractivity contribution in [3.63, 3.8) is 0 Å². The van der Waals surface area contributed by atoms with E-state index in [1.165, 1.54) is 24.0 Å². The largest absolute Gasteiger partial charge is 0.497 e. The summed E-state index contributed by atoms with van der Waals surface area (Å²) in [5.74, 6) is 2.29. The molecule has 0 radical (unpaired) electrons. The van der Waals surface area contributed by atoms with Crippen molar-refractivity contribution < 1.29 is 4.74 Å². The van der Waals surface area contributed by atoms with E-state index >= 15 is 0 Å². The molecular weight excluding hydrogens is 314 g/mol. The van der Waals surface area contributed by atoms with Crippen LogP contribution >= 0.6 is 11.3 Å². The first kappa shape index (κ1) is 16.2. The van der Waals surface area contributed by atoms with Crippen LogP contribution in [0.1, 0.15) is 59.2 Å². The van der Waals surface area contributed by atoms with Gasteiger partial charge in [0.2, 0.25) is 0 Å². The van der Waals surface area contributed by atoms with Gasteiger partial charge in [0.25, 0.3) is 0 Å². The van der Waals surface area contributed by atoms with Crippen LogP contribution in [0.5, 0.6) is 5.75 Å². The Labute approximate surface area is 149 Å². The molecule has 1 aromatic carbocycles. The van der Waals surface area contributed by atoms with E-state index in [1.54, 1.807) is 22.4 Å². The topological polar surface area (TPSA) is 12.5 Å². The average molecular weight is 342 g/mol. The first-order valence-corrected chi connectivity index (χ1v) is 9.89. The summed E-state index contributed by atoms with van der Waals surface area (Å²) in [5.41, 5.74) is 4.58. The van der Waals surface area contributed by atoms with E-state index in [4.69, 9.17) is 4.74 Å². The highest BCUT2D eigenvalue weighted by atomic mass is 32.1. The standard InChI is InChI=1S/C21H27NOS/c1-13(2)7-17-8-15-12-22-11-14(3)19-9-16(23-4)5-6-18(19)20(22)10-21(15)24-17/h5-6,8-9,13-14,20H,7,10-12H2,1-4H3. The minimum Gasteiger partial charge on any atom is -0.497 e. The molecule has 0 saturated carbocycles. The van der Waals surface area contributed by atoms with Gasteiger partial charge in [0.05, 0.1) is 7.11 Å². The molecule has 0 N–H and O–H groups in total. The quantitative estimate of drug-likeness (QED) is 0.763. The number of hydrogen-bond acceptors (Lipinski definition) is 3. The lowest BCUT2D eigenvalue weighted by Gasteiger charge is -2.43. The second-order valence-corrected chi connectivity index (χ2v) is 9.03. The number of hydrogen-bond donors (Lipinski definition) is 0. The van der Waals surface area contributed by atoms with Gasteiger partial charge >= 0.3 is 0 Å². The molecule has 2 aliphatic heterocycles. The number of methoxy groups -OCH3 is 1. The number of fused-ring (bicyclic) bond motifs is 4. The Morgan fingerprint density at radius 3 is 2.83 bits per heavy atom. The molecule has 3 heterocycles. The summed E-state index contributed by atoms with van der Waals surface area (Å²) in [4.78, 5) is 5.87. The minimum absolute atomic E-state index is 0.542. The molecule has 2 unspecified atom stereocenters. The van der Waals surface area contributed by atoms with Crippen LogP contribution in [-0.2, 0) is 19.4 Å². The Morgan fingerprint density at radius 2 is 2.08 bits per heavy atom. The van der Waals surface area contributed by atoms with Crippen LogP contribution in [0.2, 0.25) is 0 Å². The summed E-state index contributed by atoms with van der Waals surface area (Å²) < 4.78 is 5.45. The van der Waals surface area contributed by atoms with Crippen molar-refractivity contribution in [2.75, 3.05) is 13.7 Å². The van der Waals surface area contributed by atoms with Crippen LogP contribution in [0.15, 0.2) is 24.3 Å². The molecule has 128 valence electrons. The third kappa shape index (κ3) is 2.78. The number of rotatable bonds is 3. The summed E-state index contributed by atoms with van der Waals surface area (Å²) in [7, 11) is 1.76. The predicted molar refractivity (Wildman–Crippen MR) is 101 cm³/mol. The second-order valence-electron chi connectivity index (χ2n) is 7.80. The van der Waals surface area contributed by atoms with E-state index < -0.39 is 0 Å². The van der Waals surface area contributed by atoms with Crippen molar-refractivity contribution in [1.82, 2.24) is 4.90 Å². The van der Waals surface area contributed by atoms with Gasteiger partial charge < -0.3 is 4.74 Å². The van der Waals surface area contributed by atoms with E-state index in [0.29, 0.717) is 12.0 Å². The van der Waals surface area contributed by atoms with Crippen LogP contribution in [0.25, 0.3) is 0 Å². The van der Waals surface area contributed by atoms with Gasteiger partial charge in [0, 0.05) is 35.3 Å². The van der Waals surface area contributed by atoms with Gasteiger partial charge in [-0.15, -0.1) is 11.3 Å². The predicted octanol–water partition coefficient (Wildman–Crippen LogP) is 5.17. The van der Waals surface area contributed by atoms with Crippen LogP contribution < -0.4 is 4.74 Å². The van der Waals surface area contributed by atoms with Gasteiger partial charge in [0.15, 0.2) is 0 Å². The minimum atomic E-state index is 0.542. The molecule has 0 amide bonds. The summed E-state index contributed by atoms with van der Waals surface area (Å²) in [6, 6.07) is 9.70. The van der Waals surface area contributed by atoms with Crippen molar-refractivity contribution >= 4 is 11.3 Å². The summed E-state index contributed by atoms with van der Waals surface area (Å²) in [6.07, 6.45) is 2.39. The molecule has 0 spiro atoms. The van der Waals surface area contributed by atoms with Crippen LogP contribution in [0.4, 0.5) is 0 Å². The Morgan fingerprint density at radius 1 is 1.25 bits per heavy atom. The fourth-order valence-corrected chi connectivity index (χ4v) is 5.76. The van der Waals surface area contributed by atoms with Gasteiger partial charge in [-0.25, -0.2) is 0 Å². The van der Waals surface area contributed by atoms with Crippen molar-refractivity contribution in [3.05, 3.63) is 50.7 Å². The average Bonchev–Trinajstić information content (AvgIpc) is 2.93. The van der Waals surface area contributed by atoms with Crippen LogP contribution in [-0.4, -0.2) is 18.6 Å². The third-order valence-electron chi connectivity index (χ3n) is 5.44. The lowest BCUT2D eigenvalue weighted by atomic mass is 9.82. The zero-order chi connectivity index (χ0) is 16.8. The maximum Gasteiger partial charge on any atom is 0.119 e. The van der Waals surface area contributed by atoms with Gasteiger partial charge in [-0.1, -0.05) is 26.8 Å². The molecule has 0 fully saturated rings. The van der Waals surface area contributed by atoms with E-state index in [1.807, 2.05) is 0 Å². The highest BCUT2D eigenvalue weighted by Crippen LogP contribution is 2.44. The SMILES string of the molecule is COc1ccc2c(c1)C(C)CN1Cc3cc(CC(C)C)sc3CC21. The third-order valence-corrected chi connectivity index (χ3v) is 6.66. The number of benzene rings is 1. The maximum atomic E-state index is 5.45. The van der Waals surface area contributed by atoms with E-state index in [-0.39, 0.29) is 0 Å². The van der Waals surface area contributed by atoms with Crippen LogP contribution in [0.3, 0.4) is 0 Å². The van der Waals surface area contributed by atoms with E-state index in [0.717, 1.165) is 24.8 Å². The molecule has 2 aliphatic rings. The zero-order valence-electron chi connectivity index (χ0n) is 15.1. The van der Waals surface area contributed by atoms with Crippen molar-refractivity contribution in [2.45, 2.75) is 52.1 Å². The van der Waals surface area contributed by atoms with Gasteiger partial charge in [-0.05, 0) is 53.1 Å². The summed E-state index contributed by atoms with van der Waals surface area (Å²) >= 11 is 2.05. The van der Waals surface area contributed by atoms with Crippen molar-refractivity contribution in [1.29, 1.82) is 0 Å². The fraction of sp³-hybridized carbons (Fsp3) is 0.524. The molecule has 2 atom stereocenters. The normalized spacial score (nSPS) is 22.9. The molecule has 0 bridgehead atoms. The maximum absolute atomic E-state index is 5.45. The molecule has 24 heavy (non-hydrogen) atoms. The summed E-state index contributed by atoms with van der Waals surface area (Å²) in [5, 5.41) is 0. The molecule has 0 aliphatic carbocycles. The molecule has 2 aromatic rings. The lowest BCUT2D eigenvalue weighted by Crippen LogP contribution is -2.40. The number of nitrogens with zero attached hydrogens (tertiary/aromatic N) is 1.